The number of benzene rings is 3. The smallest absolute Gasteiger partial charge is 0.254 e. The minimum Gasteiger partial charge on any atom is -0.494 e. The number of fused-ring (bicyclic) bond motifs is 2. The molecule has 5 rings (SSSR count). The van der Waals surface area contributed by atoms with E-state index in [4.69, 9.17) is 9.47 Å². The highest BCUT2D eigenvalue weighted by Gasteiger charge is 2.44. The number of hydrogen-bond donors (Lipinski definition) is 2. The SMILES string of the molecule is CCOc1ccc(CNC(=O)C2c3ccccc3C(=O)N(CCOC)C2c2c[nH]c3ccccc23)cc1. The van der Waals surface area contributed by atoms with Crippen molar-refractivity contribution in [2.75, 3.05) is 26.9 Å². The second-order valence-electron chi connectivity index (χ2n) is 9.09. The van der Waals surface area contributed by atoms with Gasteiger partial charge in [-0.1, -0.05) is 48.5 Å². The van der Waals surface area contributed by atoms with E-state index in [2.05, 4.69) is 10.3 Å². The number of aromatic nitrogens is 1. The molecule has 1 aliphatic heterocycles. The summed E-state index contributed by atoms with van der Waals surface area (Å²) in [6.45, 7) is 3.66. The zero-order chi connectivity index (χ0) is 25.8. The van der Waals surface area contributed by atoms with Gasteiger partial charge in [-0.15, -0.1) is 0 Å². The van der Waals surface area contributed by atoms with E-state index in [1.165, 1.54) is 0 Å². The molecule has 2 amide bonds. The third kappa shape index (κ3) is 4.82. The molecular weight excluding hydrogens is 466 g/mol. The molecule has 1 aromatic heterocycles. The molecule has 0 saturated heterocycles. The summed E-state index contributed by atoms with van der Waals surface area (Å²) in [5, 5.41) is 4.13. The number of H-pyrrole nitrogens is 1. The number of aromatic amines is 1. The Labute approximate surface area is 216 Å². The number of carbonyl (C=O) groups is 2. The number of amides is 2. The topological polar surface area (TPSA) is 83.7 Å². The first-order valence-corrected chi connectivity index (χ1v) is 12.6. The molecule has 0 saturated carbocycles. The number of rotatable bonds is 9. The number of nitrogens with one attached hydrogen (secondary N) is 2. The lowest BCUT2D eigenvalue weighted by Crippen LogP contribution is -2.48. The van der Waals surface area contributed by atoms with Crippen LogP contribution in [0.2, 0.25) is 0 Å². The zero-order valence-corrected chi connectivity index (χ0v) is 21.1. The predicted octanol–water partition coefficient (Wildman–Crippen LogP) is 4.81. The molecule has 0 fully saturated rings. The lowest BCUT2D eigenvalue weighted by molar-refractivity contribution is -0.124. The van der Waals surface area contributed by atoms with Gasteiger partial charge in [-0.3, -0.25) is 9.59 Å². The van der Waals surface area contributed by atoms with Crippen molar-refractivity contribution in [1.82, 2.24) is 15.2 Å². The zero-order valence-electron chi connectivity index (χ0n) is 21.1. The normalized spacial score (nSPS) is 17.0. The van der Waals surface area contributed by atoms with Crippen LogP contribution < -0.4 is 10.1 Å². The number of hydrogen-bond acceptors (Lipinski definition) is 4. The van der Waals surface area contributed by atoms with Crippen LogP contribution in [0.1, 0.15) is 45.9 Å². The predicted molar refractivity (Wildman–Crippen MR) is 143 cm³/mol. The Kier molecular flexibility index (Phi) is 7.23. The Bertz CT molecular complexity index is 1400. The third-order valence-corrected chi connectivity index (χ3v) is 6.90. The van der Waals surface area contributed by atoms with Crippen LogP contribution in [-0.4, -0.2) is 48.6 Å². The Hall–Kier alpha value is -4.10. The molecule has 3 aromatic carbocycles. The van der Waals surface area contributed by atoms with Crippen molar-refractivity contribution >= 4 is 22.7 Å². The van der Waals surface area contributed by atoms with Crippen LogP contribution in [0.25, 0.3) is 10.9 Å². The average molecular weight is 498 g/mol. The van der Waals surface area contributed by atoms with Crippen LogP contribution in [-0.2, 0) is 16.1 Å². The molecule has 0 aliphatic carbocycles. The average Bonchev–Trinajstić information content (AvgIpc) is 3.36. The molecule has 190 valence electrons. The number of nitrogens with zero attached hydrogens (tertiary/aromatic N) is 1. The van der Waals surface area contributed by atoms with Crippen LogP contribution in [0, 0.1) is 0 Å². The summed E-state index contributed by atoms with van der Waals surface area (Å²) >= 11 is 0. The fourth-order valence-electron chi connectivity index (χ4n) is 5.16. The van der Waals surface area contributed by atoms with Gasteiger partial charge in [0.05, 0.1) is 25.2 Å². The molecule has 0 radical (unpaired) electrons. The van der Waals surface area contributed by atoms with E-state index in [1.807, 2.05) is 79.9 Å². The van der Waals surface area contributed by atoms with Gasteiger partial charge in [0, 0.05) is 48.4 Å². The first kappa shape index (κ1) is 24.6. The van der Waals surface area contributed by atoms with E-state index in [1.54, 1.807) is 18.1 Å². The standard InChI is InChI=1S/C30H31N3O4/c1-3-37-21-14-12-20(13-15-21)18-32-29(34)27-23-9-4-5-10-24(23)30(35)33(16-17-36-2)28(27)25-19-31-26-11-7-6-8-22(25)26/h4-15,19,27-28,31H,3,16-18H2,1-2H3,(H,32,34). The van der Waals surface area contributed by atoms with Gasteiger partial charge in [0.25, 0.3) is 5.91 Å². The lowest BCUT2D eigenvalue weighted by atomic mass is 9.79. The highest BCUT2D eigenvalue weighted by Crippen LogP contribution is 2.44. The van der Waals surface area contributed by atoms with E-state index >= 15 is 0 Å². The first-order valence-electron chi connectivity index (χ1n) is 12.6. The van der Waals surface area contributed by atoms with Gasteiger partial charge in [-0.05, 0) is 42.3 Å². The largest absolute Gasteiger partial charge is 0.494 e. The second-order valence-corrected chi connectivity index (χ2v) is 9.09. The van der Waals surface area contributed by atoms with E-state index in [-0.39, 0.29) is 11.8 Å². The highest BCUT2D eigenvalue weighted by atomic mass is 16.5. The Morgan fingerprint density at radius 1 is 1.00 bits per heavy atom. The summed E-state index contributed by atoms with van der Waals surface area (Å²) in [5.74, 6) is -0.0248. The second kappa shape index (κ2) is 10.9. The summed E-state index contributed by atoms with van der Waals surface area (Å²) in [6, 6.07) is 22.6. The van der Waals surface area contributed by atoms with Crippen molar-refractivity contribution < 1.29 is 19.1 Å². The number of methoxy groups -OCH3 is 1. The van der Waals surface area contributed by atoms with Crippen molar-refractivity contribution in [1.29, 1.82) is 0 Å². The van der Waals surface area contributed by atoms with Crippen molar-refractivity contribution in [3.63, 3.8) is 0 Å². The Morgan fingerprint density at radius 2 is 1.76 bits per heavy atom. The molecule has 4 aromatic rings. The van der Waals surface area contributed by atoms with E-state index in [0.29, 0.717) is 31.9 Å². The van der Waals surface area contributed by atoms with Crippen LogP contribution in [0.4, 0.5) is 0 Å². The van der Waals surface area contributed by atoms with Crippen LogP contribution >= 0.6 is 0 Å². The van der Waals surface area contributed by atoms with E-state index in [0.717, 1.165) is 33.3 Å². The third-order valence-electron chi connectivity index (χ3n) is 6.90. The fourth-order valence-corrected chi connectivity index (χ4v) is 5.16. The van der Waals surface area contributed by atoms with Crippen LogP contribution in [0.5, 0.6) is 5.75 Å². The number of carbonyl (C=O) groups excluding carboxylic acids is 2. The summed E-state index contributed by atoms with van der Waals surface area (Å²) in [6.07, 6.45) is 1.92. The van der Waals surface area contributed by atoms with Crippen molar-refractivity contribution in [2.24, 2.45) is 0 Å². The Balaban J connectivity index is 1.54. The maximum atomic E-state index is 14.0. The summed E-state index contributed by atoms with van der Waals surface area (Å²) in [5.41, 5.74) is 4.13. The van der Waals surface area contributed by atoms with Gasteiger partial charge < -0.3 is 24.7 Å². The molecule has 2 N–H and O–H groups in total. The summed E-state index contributed by atoms with van der Waals surface area (Å²) in [4.78, 5) is 32.8. The quantitative estimate of drug-likeness (QED) is 0.348. The van der Waals surface area contributed by atoms with Gasteiger partial charge >= 0.3 is 0 Å². The molecule has 2 heterocycles. The Morgan fingerprint density at radius 3 is 2.54 bits per heavy atom. The molecule has 2 unspecified atom stereocenters. The van der Waals surface area contributed by atoms with Crippen LogP contribution in [0.15, 0.2) is 79.0 Å². The lowest BCUT2D eigenvalue weighted by Gasteiger charge is -2.41. The molecular formula is C30H31N3O4. The monoisotopic (exact) mass is 497 g/mol. The minimum atomic E-state index is -0.590. The molecule has 7 nitrogen and oxygen atoms in total. The minimum absolute atomic E-state index is 0.0986. The van der Waals surface area contributed by atoms with Crippen LogP contribution in [0.3, 0.4) is 0 Å². The van der Waals surface area contributed by atoms with E-state index in [9.17, 15) is 9.59 Å². The van der Waals surface area contributed by atoms with Crippen molar-refractivity contribution in [3.05, 3.63) is 101 Å². The van der Waals surface area contributed by atoms with Gasteiger partial charge in [-0.25, -0.2) is 0 Å². The number of ether oxygens (including phenoxy) is 2. The van der Waals surface area contributed by atoms with Gasteiger partial charge in [0.1, 0.15) is 5.75 Å². The van der Waals surface area contributed by atoms with Gasteiger partial charge in [0.15, 0.2) is 0 Å². The summed E-state index contributed by atoms with van der Waals surface area (Å²) < 4.78 is 10.9. The maximum absolute atomic E-state index is 14.0. The molecule has 37 heavy (non-hydrogen) atoms. The molecule has 2 atom stereocenters. The molecule has 0 bridgehead atoms. The molecule has 7 heteroatoms. The molecule has 0 spiro atoms. The highest BCUT2D eigenvalue weighted by molar-refractivity contribution is 6.02. The summed E-state index contributed by atoms with van der Waals surface area (Å²) in [7, 11) is 1.62. The fraction of sp³-hybridized carbons (Fsp3) is 0.267. The van der Waals surface area contributed by atoms with Crippen molar-refractivity contribution in [3.8, 4) is 5.75 Å². The van der Waals surface area contributed by atoms with Gasteiger partial charge in [-0.2, -0.15) is 0 Å². The number of para-hydroxylation sites is 1. The van der Waals surface area contributed by atoms with Crippen molar-refractivity contribution in [2.45, 2.75) is 25.4 Å². The van der Waals surface area contributed by atoms with Gasteiger partial charge in [0.2, 0.25) is 5.91 Å². The molecule has 1 aliphatic rings. The van der Waals surface area contributed by atoms with E-state index < -0.39 is 12.0 Å². The first-order chi connectivity index (χ1) is 18.1. The maximum Gasteiger partial charge on any atom is 0.254 e.